The molecular formula is C14H20FNO2. The monoisotopic (exact) mass is 253 g/mol. The number of benzene rings is 1. The molecule has 0 aliphatic heterocycles. The number of nitrogens with one attached hydrogen (secondary N) is 1. The number of hydrogen-bond acceptors (Lipinski definition) is 3. The van der Waals surface area contributed by atoms with Crippen molar-refractivity contribution in [2.75, 3.05) is 13.2 Å². The third-order valence-electron chi connectivity index (χ3n) is 2.65. The summed E-state index contributed by atoms with van der Waals surface area (Å²) in [6, 6.07) is 5.68. The Morgan fingerprint density at radius 1 is 1.44 bits per heavy atom. The van der Waals surface area contributed by atoms with Crippen LogP contribution in [0.3, 0.4) is 0 Å². The fourth-order valence-electron chi connectivity index (χ4n) is 1.54. The number of halogens is 1. The fourth-order valence-corrected chi connectivity index (χ4v) is 1.54. The maximum Gasteiger partial charge on any atom is 0.338 e. The van der Waals surface area contributed by atoms with Crippen molar-refractivity contribution in [3.05, 3.63) is 35.6 Å². The molecule has 1 N–H and O–H groups in total. The fraction of sp³-hybridized carbons (Fsp3) is 0.500. The summed E-state index contributed by atoms with van der Waals surface area (Å²) >= 11 is 0. The van der Waals surface area contributed by atoms with Gasteiger partial charge in [0.15, 0.2) is 0 Å². The first-order valence-electron chi connectivity index (χ1n) is 6.33. The first-order valence-corrected chi connectivity index (χ1v) is 6.33. The SMILES string of the molecule is CCCNC(CC)COC(=O)c1cccc(F)c1. The van der Waals surface area contributed by atoms with Crippen LogP contribution in [0.2, 0.25) is 0 Å². The van der Waals surface area contributed by atoms with Gasteiger partial charge in [0.1, 0.15) is 12.4 Å². The van der Waals surface area contributed by atoms with Crippen molar-refractivity contribution in [1.29, 1.82) is 0 Å². The van der Waals surface area contributed by atoms with Gasteiger partial charge in [-0.25, -0.2) is 9.18 Å². The van der Waals surface area contributed by atoms with E-state index in [0.29, 0.717) is 6.61 Å². The molecule has 0 bridgehead atoms. The average molecular weight is 253 g/mol. The molecule has 1 unspecified atom stereocenters. The van der Waals surface area contributed by atoms with E-state index in [-0.39, 0.29) is 11.6 Å². The molecule has 0 fully saturated rings. The molecule has 0 spiro atoms. The highest BCUT2D eigenvalue weighted by atomic mass is 19.1. The molecule has 0 aliphatic carbocycles. The molecule has 1 rings (SSSR count). The van der Waals surface area contributed by atoms with Gasteiger partial charge < -0.3 is 10.1 Å². The molecule has 0 heterocycles. The highest BCUT2D eigenvalue weighted by Crippen LogP contribution is 2.06. The van der Waals surface area contributed by atoms with Crippen LogP contribution in [0.25, 0.3) is 0 Å². The van der Waals surface area contributed by atoms with Crippen LogP contribution in [0, 0.1) is 5.82 Å². The highest BCUT2D eigenvalue weighted by Gasteiger charge is 2.11. The number of ether oxygens (including phenoxy) is 1. The minimum atomic E-state index is -0.480. The number of hydrogen-bond donors (Lipinski definition) is 1. The van der Waals surface area contributed by atoms with E-state index in [1.165, 1.54) is 18.2 Å². The summed E-state index contributed by atoms with van der Waals surface area (Å²) < 4.78 is 18.1. The van der Waals surface area contributed by atoms with E-state index >= 15 is 0 Å². The molecule has 0 saturated carbocycles. The predicted octanol–water partition coefficient (Wildman–Crippen LogP) is 2.76. The van der Waals surface area contributed by atoms with Gasteiger partial charge in [0.05, 0.1) is 5.56 Å². The normalized spacial score (nSPS) is 12.2. The average Bonchev–Trinajstić information content (AvgIpc) is 2.38. The lowest BCUT2D eigenvalue weighted by molar-refractivity contribution is 0.0462. The van der Waals surface area contributed by atoms with Crippen molar-refractivity contribution in [2.45, 2.75) is 32.7 Å². The Balaban J connectivity index is 2.44. The Kier molecular flexibility index (Phi) is 6.36. The van der Waals surface area contributed by atoms with Crippen LogP contribution in [0.15, 0.2) is 24.3 Å². The van der Waals surface area contributed by atoms with Crippen LogP contribution in [-0.2, 0) is 4.74 Å². The zero-order chi connectivity index (χ0) is 13.4. The van der Waals surface area contributed by atoms with Crippen molar-refractivity contribution in [3.63, 3.8) is 0 Å². The number of rotatable bonds is 7. The number of carbonyl (C=O) groups excluding carboxylic acids is 1. The lowest BCUT2D eigenvalue weighted by atomic mass is 10.2. The van der Waals surface area contributed by atoms with Crippen molar-refractivity contribution >= 4 is 5.97 Å². The first-order chi connectivity index (χ1) is 8.67. The Labute approximate surface area is 107 Å². The molecule has 100 valence electrons. The second-order valence-corrected chi connectivity index (χ2v) is 4.17. The van der Waals surface area contributed by atoms with E-state index in [2.05, 4.69) is 12.2 Å². The van der Waals surface area contributed by atoms with Gasteiger partial charge in [-0.2, -0.15) is 0 Å². The minimum Gasteiger partial charge on any atom is -0.460 e. The van der Waals surface area contributed by atoms with Crippen LogP contribution >= 0.6 is 0 Å². The highest BCUT2D eigenvalue weighted by molar-refractivity contribution is 5.89. The van der Waals surface area contributed by atoms with Gasteiger partial charge in [-0.15, -0.1) is 0 Å². The molecule has 0 amide bonds. The smallest absolute Gasteiger partial charge is 0.338 e. The summed E-state index contributed by atoms with van der Waals surface area (Å²) in [5.41, 5.74) is 0.250. The number of carbonyl (C=O) groups is 1. The summed E-state index contributed by atoms with van der Waals surface area (Å²) in [6.45, 7) is 5.32. The van der Waals surface area contributed by atoms with Crippen molar-refractivity contribution < 1.29 is 13.9 Å². The molecule has 0 aromatic heterocycles. The second kappa shape index (κ2) is 7.82. The standard InChI is InChI=1S/C14H20FNO2/c1-3-8-16-13(4-2)10-18-14(17)11-6-5-7-12(15)9-11/h5-7,9,13,16H,3-4,8,10H2,1-2H3. The molecule has 0 aliphatic rings. The van der Waals surface area contributed by atoms with Gasteiger partial charge in [0, 0.05) is 6.04 Å². The lowest BCUT2D eigenvalue weighted by Gasteiger charge is -2.16. The van der Waals surface area contributed by atoms with Crippen LogP contribution < -0.4 is 5.32 Å². The zero-order valence-electron chi connectivity index (χ0n) is 10.9. The first kappa shape index (κ1) is 14.6. The molecule has 4 heteroatoms. The van der Waals surface area contributed by atoms with E-state index in [1.807, 2.05) is 6.92 Å². The van der Waals surface area contributed by atoms with E-state index in [4.69, 9.17) is 4.74 Å². The summed E-state index contributed by atoms with van der Waals surface area (Å²) in [4.78, 5) is 11.7. The Morgan fingerprint density at radius 3 is 2.83 bits per heavy atom. The van der Waals surface area contributed by atoms with Crippen LogP contribution in [0.1, 0.15) is 37.0 Å². The molecule has 1 atom stereocenters. The van der Waals surface area contributed by atoms with E-state index in [1.54, 1.807) is 6.07 Å². The predicted molar refractivity (Wildman–Crippen MR) is 69.1 cm³/mol. The van der Waals surface area contributed by atoms with E-state index in [9.17, 15) is 9.18 Å². The third-order valence-corrected chi connectivity index (χ3v) is 2.65. The second-order valence-electron chi connectivity index (χ2n) is 4.17. The zero-order valence-corrected chi connectivity index (χ0v) is 10.9. The lowest BCUT2D eigenvalue weighted by Crippen LogP contribution is -2.34. The Bertz CT molecular complexity index is 382. The topological polar surface area (TPSA) is 38.3 Å². The van der Waals surface area contributed by atoms with Gasteiger partial charge in [0.2, 0.25) is 0 Å². The maximum absolute atomic E-state index is 12.9. The van der Waals surface area contributed by atoms with Crippen LogP contribution in [0.4, 0.5) is 4.39 Å². The van der Waals surface area contributed by atoms with Gasteiger partial charge in [-0.05, 0) is 37.6 Å². The maximum atomic E-state index is 12.9. The van der Waals surface area contributed by atoms with Crippen molar-refractivity contribution in [3.8, 4) is 0 Å². The summed E-state index contributed by atoms with van der Waals surface area (Å²) in [5, 5.41) is 3.29. The van der Waals surface area contributed by atoms with E-state index < -0.39 is 11.8 Å². The molecule has 0 saturated heterocycles. The molecule has 1 aromatic carbocycles. The number of esters is 1. The molecule has 18 heavy (non-hydrogen) atoms. The molecule has 3 nitrogen and oxygen atoms in total. The van der Waals surface area contributed by atoms with Crippen molar-refractivity contribution in [2.24, 2.45) is 0 Å². The summed E-state index contributed by atoms with van der Waals surface area (Å²) in [6.07, 6.45) is 1.92. The third kappa shape index (κ3) is 4.84. The minimum absolute atomic E-state index is 0.155. The molecular weight excluding hydrogens is 233 g/mol. The van der Waals surface area contributed by atoms with Gasteiger partial charge in [-0.3, -0.25) is 0 Å². The Hall–Kier alpha value is -1.42. The van der Waals surface area contributed by atoms with Gasteiger partial charge in [-0.1, -0.05) is 19.9 Å². The molecule has 1 aromatic rings. The molecule has 0 radical (unpaired) electrons. The van der Waals surface area contributed by atoms with E-state index in [0.717, 1.165) is 19.4 Å². The Morgan fingerprint density at radius 2 is 2.22 bits per heavy atom. The summed E-state index contributed by atoms with van der Waals surface area (Å²) in [7, 11) is 0. The summed E-state index contributed by atoms with van der Waals surface area (Å²) in [5.74, 6) is -0.910. The van der Waals surface area contributed by atoms with Crippen LogP contribution in [-0.4, -0.2) is 25.2 Å². The van der Waals surface area contributed by atoms with Crippen LogP contribution in [0.5, 0.6) is 0 Å². The largest absolute Gasteiger partial charge is 0.460 e. The van der Waals surface area contributed by atoms with Crippen molar-refractivity contribution in [1.82, 2.24) is 5.32 Å². The quantitative estimate of drug-likeness (QED) is 0.759. The van der Waals surface area contributed by atoms with Gasteiger partial charge >= 0.3 is 5.97 Å². The van der Waals surface area contributed by atoms with Gasteiger partial charge in [0.25, 0.3) is 0 Å².